The molecule has 0 fully saturated rings. The van der Waals surface area contributed by atoms with Gasteiger partial charge in [-0.15, -0.1) is 0 Å². The van der Waals surface area contributed by atoms with Crippen LogP contribution >= 0.6 is 17.8 Å². The Morgan fingerprint density at radius 3 is 1.47 bits per heavy atom. The van der Waals surface area contributed by atoms with Crippen LogP contribution in [0.25, 0.3) is 0 Å². The molecular weight excluding hydrogens is 334 g/mol. The Bertz CT molecular complexity index is 79.7. The molecule has 0 aliphatic carbocycles. The van der Waals surface area contributed by atoms with Gasteiger partial charge in [0.05, 0.1) is 0 Å². The van der Waals surface area contributed by atoms with Crippen molar-refractivity contribution in [2.24, 2.45) is 0 Å². The van der Waals surface area contributed by atoms with Crippen LogP contribution in [0, 0.1) is 6.92 Å². The first-order chi connectivity index (χ1) is 7.33. The summed E-state index contributed by atoms with van der Waals surface area (Å²) in [4.78, 5) is 0. The SMILES string of the molecule is [CH2]CCCCCCCCCCC.[Cl][Sn][Cl]. The summed E-state index contributed by atoms with van der Waals surface area (Å²) < 4.78 is 0. The maximum absolute atomic E-state index is 4.93. The summed E-state index contributed by atoms with van der Waals surface area (Å²) in [5.74, 6) is 0. The molecule has 0 saturated heterocycles. The number of unbranched alkanes of at least 4 members (excludes halogenated alkanes) is 9. The van der Waals surface area contributed by atoms with Gasteiger partial charge in [-0.05, 0) is 0 Å². The topological polar surface area (TPSA) is 0 Å². The molecule has 91 valence electrons. The van der Waals surface area contributed by atoms with Gasteiger partial charge < -0.3 is 0 Å². The zero-order valence-electron chi connectivity index (χ0n) is 10.0. The van der Waals surface area contributed by atoms with E-state index in [0.29, 0.717) is 0 Å². The molecule has 0 nitrogen and oxygen atoms in total. The standard InChI is InChI=1S/C12H25.2ClH.Sn/c1-3-5-7-9-11-12-10-8-6-4-2;;;/h1,3-12H2,2H3;2*1H;/q;;;+2/p-2. The average Bonchev–Trinajstić information content (AvgIpc) is 2.23. The Labute approximate surface area is 114 Å². The van der Waals surface area contributed by atoms with Crippen LogP contribution in [0.1, 0.15) is 71.1 Å². The molecule has 0 unspecified atom stereocenters. The zero-order valence-corrected chi connectivity index (χ0v) is 14.4. The summed E-state index contributed by atoms with van der Waals surface area (Å²) in [6.45, 7) is 6.12. The summed E-state index contributed by atoms with van der Waals surface area (Å²) in [5, 5.41) is 0. The van der Waals surface area contributed by atoms with Gasteiger partial charge in [0, 0.05) is 0 Å². The average molecular weight is 359 g/mol. The Kier molecular flexibility index (Phi) is 25.9. The van der Waals surface area contributed by atoms with E-state index in [1.54, 1.807) is 0 Å². The molecule has 0 heterocycles. The van der Waals surface area contributed by atoms with Crippen LogP contribution < -0.4 is 0 Å². The second-order valence-electron chi connectivity index (χ2n) is 3.75. The van der Waals surface area contributed by atoms with Crippen molar-refractivity contribution in [1.82, 2.24) is 0 Å². The fraction of sp³-hybridized carbons (Fsp3) is 0.917. The monoisotopic (exact) mass is 359 g/mol. The van der Waals surface area contributed by atoms with Gasteiger partial charge in [-0.2, -0.15) is 0 Å². The molecule has 0 atom stereocenters. The molecule has 0 aliphatic rings. The molecule has 15 heavy (non-hydrogen) atoms. The van der Waals surface area contributed by atoms with Gasteiger partial charge in [-0.3, -0.25) is 0 Å². The van der Waals surface area contributed by atoms with Crippen LogP contribution in [-0.2, 0) is 0 Å². The molecule has 0 aromatic heterocycles. The molecule has 3 radical (unpaired) electrons. The van der Waals surface area contributed by atoms with E-state index in [0.717, 1.165) is 6.42 Å². The van der Waals surface area contributed by atoms with Gasteiger partial charge in [-0.25, -0.2) is 0 Å². The van der Waals surface area contributed by atoms with Gasteiger partial charge in [0.1, 0.15) is 0 Å². The van der Waals surface area contributed by atoms with E-state index < -0.39 is 18.9 Å². The Morgan fingerprint density at radius 1 is 0.800 bits per heavy atom. The molecule has 3 heteroatoms. The van der Waals surface area contributed by atoms with Crippen molar-refractivity contribution in [1.29, 1.82) is 0 Å². The summed E-state index contributed by atoms with van der Waals surface area (Å²) in [6.07, 6.45) is 13.9. The third-order valence-corrected chi connectivity index (χ3v) is 2.35. The minimum absolute atomic E-state index is 0.826. The van der Waals surface area contributed by atoms with Crippen molar-refractivity contribution in [3.05, 3.63) is 6.92 Å². The Morgan fingerprint density at radius 2 is 1.13 bits per heavy atom. The van der Waals surface area contributed by atoms with E-state index in [2.05, 4.69) is 13.8 Å². The minimum atomic E-state index is -0.826. The van der Waals surface area contributed by atoms with E-state index >= 15 is 0 Å². The van der Waals surface area contributed by atoms with E-state index in [-0.39, 0.29) is 0 Å². The molecular formula is C12H25Cl2Sn. The number of hydrogen-bond acceptors (Lipinski definition) is 0. The number of rotatable bonds is 9. The van der Waals surface area contributed by atoms with Crippen LogP contribution in [0.2, 0.25) is 0 Å². The Balaban J connectivity index is 0. The molecule has 0 aromatic rings. The normalized spacial score (nSPS) is 9.60. The second-order valence-corrected chi connectivity index (χ2v) is 7.99. The first kappa shape index (κ1) is 18.7. The maximum atomic E-state index is 4.93. The van der Waals surface area contributed by atoms with Crippen LogP contribution in [0.4, 0.5) is 0 Å². The molecule has 0 amide bonds. The van der Waals surface area contributed by atoms with Gasteiger partial charge in [0.2, 0.25) is 0 Å². The van der Waals surface area contributed by atoms with Crippen LogP contribution in [0.3, 0.4) is 0 Å². The van der Waals surface area contributed by atoms with Crippen LogP contribution in [0.15, 0.2) is 0 Å². The van der Waals surface area contributed by atoms with Crippen molar-refractivity contribution < 1.29 is 0 Å². The van der Waals surface area contributed by atoms with Gasteiger partial charge in [-0.1, -0.05) is 78.1 Å². The predicted molar refractivity (Wildman–Crippen MR) is 74.7 cm³/mol. The van der Waals surface area contributed by atoms with Gasteiger partial charge >= 0.3 is 36.7 Å². The summed E-state index contributed by atoms with van der Waals surface area (Å²) >= 11 is -0.826. The second kappa shape index (κ2) is 20.7. The van der Waals surface area contributed by atoms with E-state index in [9.17, 15) is 0 Å². The first-order valence-electron chi connectivity index (χ1n) is 6.09. The molecule has 0 rings (SSSR count). The van der Waals surface area contributed by atoms with E-state index in [1.165, 1.54) is 57.8 Å². The molecule has 0 spiro atoms. The Hall–Kier alpha value is 1.38. The van der Waals surface area contributed by atoms with Crippen molar-refractivity contribution in [2.75, 3.05) is 0 Å². The van der Waals surface area contributed by atoms with Gasteiger partial charge in [0.15, 0.2) is 0 Å². The van der Waals surface area contributed by atoms with Crippen molar-refractivity contribution in [2.45, 2.75) is 71.1 Å². The van der Waals surface area contributed by atoms with Crippen LogP contribution in [0.5, 0.6) is 0 Å². The predicted octanol–water partition coefficient (Wildman–Crippen LogP) is 5.74. The summed E-state index contributed by atoms with van der Waals surface area (Å²) in [6, 6.07) is 0. The fourth-order valence-electron chi connectivity index (χ4n) is 1.49. The van der Waals surface area contributed by atoms with Crippen molar-refractivity contribution in [3.8, 4) is 0 Å². The van der Waals surface area contributed by atoms with Crippen LogP contribution in [-0.4, -0.2) is 18.9 Å². The molecule has 0 N–H and O–H groups in total. The van der Waals surface area contributed by atoms with E-state index in [1.807, 2.05) is 0 Å². The fourth-order valence-corrected chi connectivity index (χ4v) is 1.49. The number of hydrogen-bond donors (Lipinski definition) is 0. The zero-order chi connectivity index (χ0) is 11.8. The van der Waals surface area contributed by atoms with Crippen molar-refractivity contribution in [3.63, 3.8) is 0 Å². The third-order valence-electron chi connectivity index (χ3n) is 2.35. The van der Waals surface area contributed by atoms with Crippen molar-refractivity contribution >= 4 is 36.7 Å². The molecule has 0 aromatic carbocycles. The van der Waals surface area contributed by atoms with Gasteiger partial charge in [0.25, 0.3) is 0 Å². The third kappa shape index (κ3) is 25.6. The summed E-state index contributed by atoms with van der Waals surface area (Å²) in [5.41, 5.74) is 0. The number of halogens is 2. The molecule has 0 bridgehead atoms. The van der Waals surface area contributed by atoms with E-state index in [4.69, 9.17) is 17.8 Å². The quantitative estimate of drug-likeness (QED) is 0.364. The first-order valence-corrected chi connectivity index (χ1v) is 13.3. The molecule has 0 aliphatic heterocycles. The molecule has 0 saturated carbocycles. The summed E-state index contributed by atoms with van der Waals surface area (Å²) in [7, 11) is 9.87.